The van der Waals surface area contributed by atoms with Crippen LogP contribution in [-0.2, 0) is 0 Å². The largest absolute Gasteiger partial charge is 0.426 e. The van der Waals surface area contributed by atoms with Crippen molar-refractivity contribution < 1.29 is 13.9 Å². The molecule has 0 radical (unpaired) electrons. The van der Waals surface area contributed by atoms with Gasteiger partial charge in [0.2, 0.25) is 0 Å². The maximum absolute atomic E-state index is 12.7. The molecule has 0 aliphatic carbocycles. The van der Waals surface area contributed by atoms with E-state index in [-0.39, 0.29) is 11.9 Å². The molecule has 2 atom stereocenters. The molecule has 2 heterocycles. The molecule has 2 unspecified atom stereocenters. The zero-order chi connectivity index (χ0) is 16.2. The van der Waals surface area contributed by atoms with Gasteiger partial charge in [0.25, 0.3) is 11.9 Å². The van der Waals surface area contributed by atoms with Gasteiger partial charge in [-0.3, -0.25) is 4.79 Å². The van der Waals surface area contributed by atoms with Crippen molar-refractivity contribution in [2.45, 2.75) is 25.8 Å². The van der Waals surface area contributed by atoms with Gasteiger partial charge in [-0.2, -0.15) is 0 Å². The molecule has 1 saturated heterocycles. The van der Waals surface area contributed by atoms with E-state index in [4.69, 9.17) is 14.9 Å². The number of likely N-dealkylation sites (tertiary alicyclic amines) is 1. The number of piperidine rings is 1. The van der Waals surface area contributed by atoms with Crippen LogP contribution in [0.4, 0.5) is 0 Å². The summed E-state index contributed by atoms with van der Waals surface area (Å²) in [5.74, 6) is 1.77. The summed E-state index contributed by atoms with van der Waals surface area (Å²) < 4.78 is 11.2. The van der Waals surface area contributed by atoms with Gasteiger partial charge in [0.05, 0.1) is 0 Å². The average molecular weight is 314 g/mol. The fourth-order valence-electron chi connectivity index (χ4n) is 2.98. The van der Waals surface area contributed by atoms with Crippen molar-refractivity contribution in [1.82, 2.24) is 4.90 Å². The van der Waals surface area contributed by atoms with Crippen molar-refractivity contribution in [2.75, 3.05) is 13.1 Å². The summed E-state index contributed by atoms with van der Waals surface area (Å²) in [7, 11) is 0. The van der Waals surface area contributed by atoms with E-state index in [2.05, 4.69) is 6.92 Å². The van der Waals surface area contributed by atoms with Crippen molar-refractivity contribution in [3.8, 4) is 11.7 Å². The van der Waals surface area contributed by atoms with Crippen molar-refractivity contribution in [3.63, 3.8) is 0 Å². The molecule has 5 nitrogen and oxygen atoms in total. The topological polar surface area (TPSA) is 68.7 Å². The van der Waals surface area contributed by atoms with Crippen molar-refractivity contribution >= 4 is 5.91 Å². The molecule has 1 fully saturated rings. The highest BCUT2D eigenvalue weighted by atomic mass is 16.6. The Kier molecular flexibility index (Phi) is 4.67. The van der Waals surface area contributed by atoms with E-state index >= 15 is 0 Å². The maximum Gasteiger partial charge on any atom is 0.290 e. The molecule has 0 bridgehead atoms. The van der Waals surface area contributed by atoms with Crippen molar-refractivity contribution in [2.24, 2.45) is 11.7 Å². The number of hydrogen-bond donors (Lipinski definition) is 1. The minimum Gasteiger partial charge on any atom is -0.426 e. The van der Waals surface area contributed by atoms with Crippen LogP contribution in [0, 0.1) is 5.92 Å². The molecule has 2 aromatic rings. The molecule has 1 aromatic heterocycles. The Balaban J connectivity index is 1.70. The normalized spacial score (nSPS) is 21.2. The summed E-state index contributed by atoms with van der Waals surface area (Å²) in [6, 6.07) is 12.7. The number of carbonyl (C=O) groups excluding carboxylic acids is 1. The van der Waals surface area contributed by atoms with Crippen molar-refractivity contribution in [1.29, 1.82) is 0 Å². The number of para-hydroxylation sites is 1. The molecule has 1 aliphatic heterocycles. The summed E-state index contributed by atoms with van der Waals surface area (Å²) in [5, 5.41) is 0. The maximum atomic E-state index is 12.7. The lowest BCUT2D eigenvalue weighted by Crippen LogP contribution is -2.49. The van der Waals surface area contributed by atoms with E-state index in [0.717, 1.165) is 19.4 Å². The van der Waals surface area contributed by atoms with Gasteiger partial charge in [-0.05, 0) is 37.0 Å². The van der Waals surface area contributed by atoms with Crippen LogP contribution < -0.4 is 10.5 Å². The van der Waals surface area contributed by atoms with Crippen LogP contribution in [0.2, 0.25) is 0 Å². The van der Waals surface area contributed by atoms with Crippen molar-refractivity contribution in [3.05, 3.63) is 48.2 Å². The number of nitrogens with two attached hydrogens (primary N) is 1. The van der Waals surface area contributed by atoms with E-state index < -0.39 is 0 Å². The van der Waals surface area contributed by atoms with Gasteiger partial charge >= 0.3 is 0 Å². The van der Waals surface area contributed by atoms with Gasteiger partial charge < -0.3 is 19.8 Å². The van der Waals surface area contributed by atoms with Gasteiger partial charge in [-0.15, -0.1) is 0 Å². The number of carbonyl (C=O) groups is 1. The molecule has 122 valence electrons. The van der Waals surface area contributed by atoms with E-state index in [9.17, 15) is 4.79 Å². The van der Waals surface area contributed by atoms with E-state index in [1.807, 2.05) is 35.2 Å². The molecular weight excluding hydrogens is 292 g/mol. The number of rotatable bonds is 4. The lowest BCUT2D eigenvalue weighted by molar-refractivity contribution is 0.0537. The highest BCUT2D eigenvalue weighted by Crippen LogP contribution is 2.27. The van der Waals surface area contributed by atoms with Gasteiger partial charge in [0, 0.05) is 25.2 Å². The molecule has 1 amide bonds. The lowest BCUT2D eigenvalue weighted by Gasteiger charge is -2.37. The van der Waals surface area contributed by atoms with Crippen LogP contribution in [0.3, 0.4) is 0 Å². The summed E-state index contributed by atoms with van der Waals surface area (Å²) in [6.07, 6.45) is 1.94. The third-order valence-corrected chi connectivity index (χ3v) is 4.26. The molecule has 1 aromatic carbocycles. The number of ether oxygens (including phenoxy) is 1. The van der Waals surface area contributed by atoms with Crippen LogP contribution in [0.25, 0.3) is 0 Å². The fraction of sp³-hybridized carbons (Fsp3) is 0.389. The second-order valence-corrected chi connectivity index (χ2v) is 6.05. The minimum absolute atomic E-state index is 0.0786. The summed E-state index contributed by atoms with van der Waals surface area (Å²) >= 11 is 0. The Bertz CT molecular complexity index is 653. The number of benzene rings is 1. The summed E-state index contributed by atoms with van der Waals surface area (Å²) in [4.78, 5) is 14.5. The minimum atomic E-state index is -0.115. The Morgan fingerprint density at radius 3 is 2.83 bits per heavy atom. The first-order valence-corrected chi connectivity index (χ1v) is 8.01. The SMILES string of the molecule is CC1CCN(C(=O)c2ccc(Oc3ccccc3)o2)C(CN)C1. The van der Waals surface area contributed by atoms with Crippen LogP contribution in [-0.4, -0.2) is 29.9 Å². The Hall–Kier alpha value is -2.27. The van der Waals surface area contributed by atoms with Crippen LogP contribution >= 0.6 is 0 Å². The average Bonchev–Trinajstić information content (AvgIpc) is 3.03. The second-order valence-electron chi connectivity index (χ2n) is 6.05. The smallest absolute Gasteiger partial charge is 0.290 e. The first kappa shape index (κ1) is 15.6. The predicted octanol–water partition coefficient (Wildman–Crippen LogP) is 3.27. The molecule has 1 aliphatic rings. The first-order chi connectivity index (χ1) is 11.2. The fourth-order valence-corrected chi connectivity index (χ4v) is 2.98. The number of nitrogens with zero attached hydrogens (tertiary/aromatic N) is 1. The third-order valence-electron chi connectivity index (χ3n) is 4.26. The molecule has 5 heteroatoms. The summed E-state index contributed by atoms with van der Waals surface area (Å²) in [5.41, 5.74) is 5.83. The molecule has 2 N–H and O–H groups in total. The van der Waals surface area contributed by atoms with Gasteiger partial charge in [0.15, 0.2) is 5.76 Å². The van der Waals surface area contributed by atoms with E-state index in [1.165, 1.54) is 0 Å². The zero-order valence-electron chi connectivity index (χ0n) is 13.3. The van der Waals surface area contributed by atoms with Crippen LogP contribution in [0.5, 0.6) is 11.7 Å². The molecule has 0 saturated carbocycles. The molecular formula is C18H22N2O3. The quantitative estimate of drug-likeness (QED) is 0.940. The first-order valence-electron chi connectivity index (χ1n) is 8.01. The third kappa shape index (κ3) is 3.56. The van der Waals surface area contributed by atoms with Gasteiger partial charge in [-0.1, -0.05) is 25.1 Å². The number of amides is 1. The Morgan fingerprint density at radius 1 is 1.30 bits per heavy atom. The number of furan rings is 1. The Labute approximate surface area is 136 Å². The second kappa shape index (κ2) is 6.87. The number of hydrogen-bond acceptors (Lipinski definition) is 4. The van der Waals surface area contributed by atoms with E-state index in [0.29, 0.717) is 29.9 Å². The molecule has 23 heavy (non-hydrogen) atoms. The van der Waals surface area contributed by atoms with E-state index in [1.54, 1.807) is 12.1 Å². The van der Waals surface area contributed by atoms with Gasteiger partial charge in [-0.25, -0.2) is 0 Å². The molecule has 3 rings (SSSR count). The highest BCUT2D eigenvalue weighted by Gasteiger charge is 2.31. The standard InChI is InChI=1S/C18H22N2O3/c1-13-9-10-20(14(11-13)12-19)18(21)16-7-8-17(23-16)22-15-5-3-2-4-6-15/h2-8,13-14H,9-12,19H2,1H3. The highest BCUT2D eigenvalue weighted by molar-refractivity contribution is 5.92. The van der Waals surface area contributed by atoms with Gasteiger partial charge in [0.1, 0.15) is 5.75 Å². The molecule has 0 spiro atoms. The van der Waals surface area contributed by atoms with Crippen LogP contribution in [0.15, 0.2) is 46.9 Å². The monoisotopic (exact) mass is 314 g/mol. The lowest BCUT2D eigenvalue weighted by atomic mass is 9.92. The Morgan fingerprint density at radius 2 is 2.09 bits per heavy atom. The summed E-state index contributed by atoms with van der Waals surface area (Å²) in [6.45, 7) is 3.39. The predicted molar refractivity (Wildman–Crippen MR) is 87.5 cm³/mol. The van der Waals surface area contributed by atoms with Crippen LogP contribution in [0.1, 0.15) is 30.3 Å². The zero-order valence-corrected chi connectivity index (χ0v) is 13.3.